The molecule has 1 aliphatic heterocycles. The molecule has 1 aliphatic rings. The van der Waals surface area contributed by atoms with Crippen molar-refractivity contribution in [1.82, 2.24) is 10.5 Å². The minimum absolute atomic E-state index is 0.210. The third-order valence-corrected chi connectivity index (χ3v) is 2.92. The summed E-state index contributed by atoms with van der Waals surface area (Å²) in [5.41, 5.74) is 2.56. The lowest BCUT2D eigenvalue weighted by Crippen LogP contribution is -2.62. The van der Waals surface area contributed by atoms with Crippen LogP contribution in [0.4, 0.5) is 0 Å². The van der Waals surface area contributed by atoms with Crippen LogP contribution in [0.3, 0.4) is 0 Å². The van der Waals surface area contributed by atoms with Crippen LogP contribution in [-0.4, -0.2) is 34.5 Å². The summed E-state index contributed by atoms with van der Waals surface area (Å²) in [6.07, 6.45) is 1.75. The highest BCUT2D eigenvalue weighted by Gasteiger charge is 2.44. The molecule has 0 aromatic rings. The van der Waals surface area contributed by atoms with Crippen LogP contribution in [0.25, 0.3) is 0 Å². The van der Waals surface area contributed by atoms with E-state index in [0.29, 0.717) is 6.04 Å². The molecule has 0 aromatic carbocycles. The van der Waals surface area contributed by atoms with E-state index in [1.807, 2.05) is 27.7 Å². The summed E-state index contributed by atoms with van der Waals surface area (Å²) in [5.74, 6) is 0. The summed E-state index contributed by atoms with van der Waals surface area (Å²) >= 11 is 0. The quantitative estimate of drug-likeness (QED) is 0.667. The molecular weight excluding hydrogens is 180 g/mol. The SMILES string of the molecule is CONC1CC(C)(C)N(O)C(C)(C)C1. The van der Waals surface area contributed by atoms with Crippen molar-refractivity contribution >= 4 is 0 Å². The highest BCUT2D eigenvalue weighted by Crippen LogP contribution is 2.36. The summed E-state index contributed by atoms with van der Waals surface area (Å²) in [6.45, 7) is 8.16. The Labute approximate surface area is 86.1 Å². The molecule has 0 aliphatic carbocycles. The molecule has 4 heteroatoms. The van der Waals surface area contributed by atoms with Crippen molar-refractivity contribution in [3.8, 4) is 0 Å². The van der Waals surface area contributed by atoms with Gasteiger partial charge in [-0.2, -0.15) is 10.5 Å². The first-order valence-corrected chi connectivity index (χ1v) is 5.07. The molecule has 0 unspecified atom stereocenters. The fraction of sp³-hybridized carbons (Fsp3) is 1.00. The Hall–Kier alpha value is -0.160. The van der Waals surface area contributed by atoms with Gasteiger partial charge in [0, 0.05) is 17.1 Å². The van der Waals surface area contributed by atoms with Gasteiger partial charge in [0.05, 0.1) is 7.11 Å². The lowest BCUT2D eigenvalue weighted by Gasteiger charge is -2.51. The number of hydrogen-bond donors (Lipinski definition) is 2. The molecule has 4 nitrogen and oxygen atoms in total. The highest BCUT2D eigenvalue weighted by atomic mass is 16.6. The van der Waals surface area contributed by atoms with Crippen LogP contribution in [-0.2, 0) is 4.84 Å². The molecular formula is C10H22N2O2. The minimum Gasteiger partial charge on any atom is -0.313 e. The molecule has 1 rings (SSSR count). The fourth-order valence-corrected chi connectivity index (χ4v) is 2.52. The maximum atomic E-state index is 10.0. The zero-order valence-electron chi connectivity index (χ0n) is 9.79. The standard InChI is InChI=1S/C10H22N2O2/c1-9(2)6-8(11-14-5)7-10(3,4)12(9)13/h8,11,13H,6-7H2,1-5H3. The molecule has 84 valence electrons. The second-order valence-electron chi connectivity index (χ2n) is 5.36. The maximum absolute atomic E-state index is 10.0. The molecule has 1 heterocycles. The lowest BCUT2D eigenvalue weighted by atomic mass is 9.79. The lowest BCUT2D eigenvalue weighted by molar-refractivity contribution is -0.250. The number of piperidine rings is 1. The number of hydrogen-bond acceptors (Lipinski definition) is 4. The Bertz CT molecular complexity index is 186. The molecule has 0 radical (unpaired) electrons. The monoisotopic (exact) mass is 202 g/mol. The van der Waals surface area contributed by atoms with Gasteiger partial charge in [-0.25, -0.2) is 0 Å². The average molecular weight is 202 g/mol. The Balaban J connectivity index is 2.75. The first kappa shape index (κ1) is 11.9. The average Bonchev–Trinajstić information content (AvgIpc) is 1.99. The van der Waals surface area contributed by atoms with Gasteiger partial charge in [0.2, 0.25) is 0 Å². The zero-order valence-corrected chi connectivity index (χ0v) is 9.79. The third kappa shape index (κ3) is 2.25. The van der Waals surface area contributed by atoms with Crippen LogP contribution in [0.2, 0.25) is 0 Å². The fourth-order valence-electron chi connectivity index (χ4n) is 2.52. The topological polar surface area (TPSA) is 44.7 Å². The predicted molar refractivity (Wildman–Crippen MR) is 55.0 cm³/mol. The van der Waals surface area contributed by atoms with Gasteiger partial charge in [-0.3, -0.25) is 0 Å². The van der Waals surface area contributed by atoms with Crippen LogP contribution >= 0.6 is 0 Å². The Morgan fingerprint density at radius 2 is 1.64 bits per heavy atom. The van der Waals surface area contributed by atoms with Gasteiger partial charge >= 0.3 is 0 Å². The number of rotatable bonds is 2. The molecule has 1 saturated heterocycles. The minimum atomic E-state index is -0.210. The van der Waals surface area contributed by atoms with Crippen molar-refractivity contribution in [2.75, 3.05) is 7.11 Å². The van der Waals surface area contributed by atoms with E-state index in [4.69, 9.17) is 4.84 Å². The van der Waals surface area contributed by atoms with Crippen LogP contribution in [0.5, 0.6) is 0 Å². The van der Waals surface area contributed by atoms with E-state index in [1.54, 1.807) is 7.11 Å². The molecule has 0 amide bonds. The van der Waals surface area contributed by atoms with Gasteiger partial charge in [0.1, 0.15) is 0 Å². The molecule has 0 bridgehead atoms. The largest absolute Gasteiger partial charge is 0.313 e. The van der Waals surface area contributed by atoms with E-state index in [1.165, 1.54) is 5.06 Å². The van der Waals surface area contributed by atoms with Crippen LogP contribution in [0.15, 0.2) is 0 Å². The van der Waals surface area contributed by atoms with Crippen molar-refractivity contribution in [2.24, 2.45) is 0 Å². The van der Waals surface area contributed by atoms with Gasteiger partial charge in [-0.15, -0.1) is 0 Å². The normalized spacial score (nSPS) is 27.9. The summed E-state index contributed by atoms with van der Waals surface area (Å²) in [4.78, 5) is 4.95. The first-order valence-electron chi connectivity index (χ1n) is 5.07. The van der Waals surface area contributed by atoms with Crippen molar-refractivity contribution in [2.45, 2.75) is 57.7 Å². The smallest absolute Gasteiger partial charge is 0.0572 e. The Morgan fingerprint density at radius 3 is 2.00 bits per heavy atom. The van der Waals surface area contributed by atoms with Crippen LogP contribution in [0.1, 0.15) is 40.5 Å². The van der Waals surface area contributed by atoms with Crippen molar-refractivity contribution in [3.63, 3.8) is 0 Å². The van der Waals surface area contributed by atoms with Gasteiger partial charge in [0.15, 0.2) is 0 Å². The third-order valence-electron chi connectivity index (χ3n) is 2.92. The van der Waals surface area contributed by atoms with Crippen molar-refractivity contribution in [3.05, 3.63) is 0 Å². The van der Waals surface area contributed by atoms with E-state index in [2.05, 4.69) is 5.48 Å². The maximum Gasteiger partial charge on any atom is 0.0572 e. The molecule has 0 atom stereocenters. The first-order chi connectivity index (χ1) is 6.29. The van der Waals surface area contributed by atoms with E-state index in [9.17, 15) is 5.21 Å². The van der Waals surface area contributed by atoms with Crippen molar-refractivity contribution in [1.29, 1.82) is 0 Å². The molecule has 1 fully saturated rings. The Morgan fingerprint density at radius 1 is 1.21 bits per heavy atom. The molecule has 0 aromatic heterocycles. The molecule has 14 heavy (non-hydrogen) atoms. The van der Waals surface area contributed by atoms with Gasteiger partial charge in [0.25, 0.3) is 0 Å². The summed E-state index contributed by atoms with van der Waals surface area (Å²) in [6, 6.07) is 0.299. The Kier molecular flexibility index (Phi) is 3.21. The van der Waals surface area contributed by atoms with E-state index >= 15 is 0 Å². The predicted octanol–water partition coefficient (Wildman–Crippen LogP) is 1.55. The van der Waals surface area contributed by atoms with Crippen LogP contribution in [0, 0.1) is 0 Å². The molecule has 2 N–H and O–H groups in total. The van der Waals surface area contributed by atoms with Crippen LogP contribution < -0.4 is 5.48 Å². The second-order valence-corrected chi connectivity index (χ2v) is 5.36. The number of nitrogens with zero attached hydrogens (tertiary/aromatic N) is 1. The number of hydroxylamine groups is 3. The van der Waals surface area contributed by atoms with Crippen molar-refractivity contribution < 1.29 is 10.0 Å². The van der Waals surface area contributed by atoms with Gasteiger partial charge < -0.3 is 10.0 Å². The summed E-state index contributed by atoms with van der Waals surface area (Å²) in [7, 11) is 1.63. The second kappa shape index (κ2) is 3.77. The molecule has 0 spiro atoms. The zero-order chi connectivity index (χ0) is 11.0. The summed E-state index contributed by atoms with van der Waals surface area (Å²) in [5, 5.41) is 11.5. The van der Waals surface area contributed by atoms with E-state index in [0.717, 1.165) is 12.8 Å². The molecule has 0 saturated carbocycles. The van der Waals surface area contributed by atoms with E-state index in [-0.39, 0.29) is 11.1 Å². The highest BCUT2D eigenvalue weighted by molar-refractivity contribution is 4.97. The van der Waals surface area contributed by atoms with E-state index < -0.39 is 0 Å². The number of nitrogens with one attached hydrogen (secondary N) is 1. The summed E-state index contributed by atoms with van der Waals surface area (Å²) < 4.78 is 0. The van der Waals surface area contributed by atoms with Gasteiger partial charge in [-0.05, 0) is 40.5 Å². The van der Waals surface area contributed by atoms with Gasteiger partial charge in [-0.1, -0.05) is 0 Å².